The lowest BCUT2D eigenvalue weighted by Gasteiger charge is -2.17. The molecule has 3 N–H and O–H groups in total. The van der Waals surface area contributed by atoms with Crippen LogP contribution in [0.5, 0.6) is 0 Å². The number of nitrogens with zero attached hydrogens (tertiary/aromatic N) is 1. The van der Waals surface area contributed by atoms with Crippen LogP contribution >= 0.6 is 11.8 Å². The van der Waals surface area contributed by atoms with Gasteiger partial charge in [0.25, 0.3) is 0 Å². The molecule has 0 saturated carbocycles. The molecule has 0 aliphatic rings. The zero-order valence-corrected chi connectivity index (χ0v) is 13.2. The summed E-state index contributed by atoms with van der Waals surface area (Å²) in [6.07, 6.45) is 5.61. The molecule has 0 aliphatic carbocycles. The van der Waals surface area contributed by atoms with E-state index in [-0.39, 0.29) is 18.2 Å². The number of rotatable bonds is 9. The molecule has 0 bridgehead atoms. The normalized spacial score (nSPS) is 13.1. The van der Waals surface area contributed by atoms with Gasteiger partial charge in [-0.25, -0.2) is 18.1 Å². The van der Waals surface area contributed by atoms with Gasteiger partial charge in [-0.3, -0.25) is 4.79 Å². The maximum atomic E-state index is 12.0. The van der Waals surface area contributed by atoms with Crippen LogP contribution in [0.15, 0.2) is 12.4 Å². The molecular formula is C11H20N4O3S2. The molecule has 1 aromatic heterocycles. The SMILES string of the molecule is CCS(=O)(=O)NC(CCSC)C(=O)NCc1ncc[nH]1. The van der Waals surface area contributed by atoms with Crippen LogP contribution in [0, 0.1) is 0 Å². The molecule has 1 atom stereocenters. The van der Waals surface area contributed by atoms with Crippen molar-refractivity contribution in [3.8, 4) is 0 Å². The second-order valence-electron chi connectivity index (χ2n) is 4.11. The van der Waals surface area contributed by atoms with E-state index in [0.29, 0.717) is 18.0 Å². The Morgan fingerprint density at radius 1 is 1.55 bits per heavy atom. The van der Waals surface area contributed by atoms with Crippen LogP contribution in [0.1, 0.15) is 19.2 Å². The Balaban J connectivity index is 2.59. The third-order valence-corrected chi connectivity index (χ3v) is 4.66. The molecule has 0 saturated heterocycles. The molecule has 1 rings (SSSR count). The Labute approximate surface area is 123 Å². The molecule has 0 spiro atoms. The van der Waals surface area contributed by atoms with Crippen molar-refractivity contribution in [3.63, 3.8) is 0 Å². The number of sulfonamides is 1. The first-order valence-corrected chi connectivity index (χ1v) is 9.28. The van der Waals surface area contributed by atoms with Crippen LogP contribution in [0.4, 0.5) is 0 Å². The van der Waals surface area contributed by atoms with Crippen molar-refractivity contribution in [1.29, 1.82) is 0 Å². The first kappa shape index (κ1) is 17.0. The zero-order chi connectivity index (χ0) is 15.0. The summed E-state index contributed by atoms with van der Waals surface area (Å²) in [7, 11) is -3.41. The van der Waals surface area contributed by atoms with Gasteiger partial charge in [-0.2, -0.15) is 11.8 Å². The molecule has 1 aromatic rings. The van der Waals surface area contributed by atoms with E-state index in [2.05, 4.69) is 20.0 Å². The van der Waals surface area contributed by atoms with Gasteiger partial charge in [0.1, 0.15) is 11.9 Å². The van der Waals surface area contributed by atoms with Gasteiger partial charge in [0, 0.05) is 12.4 Å². The number of hydrogen-bond donors (Lipinski definition) is 3. The summed E-state index contributed by atoms with van der Waals surface area (Å²) in [5.74, 6) is 0.937. The molecule has 1 amide bonds. The number of thioether (sulfide) groups is 1. The van der Waals surface area contributed by atoms with E-state index in [9.17, 15) is 13.2 Å². The van der Waals surface area contributed by atoms with E-state index >= 15 is 0 Å². The molecule has 20 heavy (non-hydrogen) atoms. The second kappa shape index (κ2) is 8.28. The maximum absolute atomic E-state index is 12.0. The van der Waals surface area contributed by atoms with Crippen LogP contribution in [-0.2, 0) is 21.4 Å². The van der Waals surface area contributed by atoms with Gasteiger partial charge in [0.15, 0.2) is 0 Å². The molecule has 7 nitrogen and oxygen atoms in total. The van der Waals surface area contributed by atoms with Gasteiger partial charge in [-0.1, -0.05) is 0 Å². The predicted molar refractivity (Wildman–Crippen MR) is 79.8 cm³/mol. The molecule has 1 unspecified atom stereocenters. The van der Waals surface area contributed by atoms with Gasteiger partial charge >= 0.3 is 0 Å². The minimum absolute atomic E-state index is 0.0474. The number of imidazole rings is 1. The molecule has 114 valence electrons. The van der Waals surface area contributed by atoms with Crippen molar-refractivity contribution < 1.29 is 13.2 Å². The van der Waals surface area contributed by atoms with Crippen LogP contribution in [0.3, 0.4) is 0 Å². The lowest BCUT2D eigenvalue weighted by atomic mass is 10.2. The largest absolute Gasteiger partial charge is 0.347 e. The van der Waals surface area contributed by atoms with Crippen LogP contribution in [0.2, 0.25) is 0 Å². The highest BCUT2D eigenvalue weighted by atomic mass is 32.2. The van der Waals surface area contributed by atoms with Crippen molar-refractivity contribution in [2.24, 2.45) is 0 Å². The number of aromatic nitrogens is 2. The number of nitrogens with one attached hydrogen (secondary N) is 3. The molecule has 0 fully saturated rings. The average molecular weight is 320 g/mol. The molecule has 0 aromatic carbocycles. The van der Waals surface area contributed by atoms with E-state index < -0.39 is 16.1 Å². The van der Waals surface area contributed by atoms with Gasteiger partial charge in [0.05, 0.1) is 12.3 Å². The number of H-pyrrole nitrogens is 1. The first-order valence-electron chi connectivity index (χ1n) is 6.23. The third-order valence-electron chi connectivity index (χ3n) is 2.61. The smallest absolute Gasteiger partial charge is 0.238 e. The Morgan fingerprint density at radius 2 is 2.30 bits per heavy atom. The monoisotopic (exact) mass is 320 g/mol. The summed E-state index contributed by atoms with van der Waals surface area (Å²) in [5, 5.41) is 2.67. The van der Waals surface area contributed by atoms with Crippen LogP contribution in [-0.4, -0.2) is 48.1 Å². The maximum Gasteiger partial charge on any atom is 0.238 e. The lowest BCUT2D eigenvalue weighted by Crippen LogP contribution is -2.47. The fourth-order valence-electron chi connectivity index (χ4n) is 1.47. The van der Waals surface area contributed by atoms with Crippen molar-refractivity contribution in [2.75, 3.05) is 17.8 Å². The Hall–Kier alpha value is -1.06. The summed E-state index contributed by atoms with van der Waals surface area (Å²) >= 11 is 1.56. The topological polar surface area (TPSA) is 104 Å². The molecule has 0 aliphatic heterocycles. The van der Waals surface area contributed by atoms with E-state index in [1.807, 2.05) is 6.26 Å². The fraction of sp³-hybridized carbons (Fsp3) is 0.636. The van der Waals surface area contributed by atoms with E-state index in [0.717, 1.165) is 0 Å². The van der Waals surface area contributed by atoms with Crippen LogP contribution in [0.25, 0.3) is 0 Å². The number of amides is 1. The van der Waals surface area contributed by atoms with Crippen molar-refractivity contribution in [1.82, 2.24) is 20.0 Å². The van der Waals surface area contributed by atoms with Crippen LogP contribution < -0.4 is 10.0 Å². The zero-order valence-electron chi connectivity index (χ0n) is 11.5. The highest BCUT2D eigenvalue weighted by Gasteiger charge is 2.22. The Morgan fingerprint density at radius 3 is 2.85 bits per heavy atom. The number of hydrogen-bond acceptors (Lipinski definition) is 5. The summed E-state index contributed by atoms with van der Waals surface area (Å²) in [6, 6.07) is -0.748. The van der Waals surface area contributed by atoms with E-state index in [1.165, 1.54) is 6.92 Å². The van der Waals surface area contributed by atoms with Crippen molar-refractivity contribution >= 4 is 27.7 Å². The standard InChI is InChI=1S/C11H20N4O3S2/c1-3-20(17,18)15-9(4-7-19-2)11(16)14-8-10-12-5-6-13-10/h5-6,9,15H,3-4,7-8H2,1-2H3,(H,12,13)(H,14,16). The summed E-state index contributed by atoms with van der Waals surface area (Å²) in [4.78, 5) is 18.9. The number of carbonyl (C=O) groups is 1. The van der Waals surface area contributed by atoms with E-state index in [4.69, 9.17) is 0 Å². The van der Waals surface area contributed by atoms with Crippen molar-refractivity contribution in [3.05, 3.63) is 18.2 Å². The van der Waals surface area contributed by atoms with Gasteiger partial charge < -0.3 is 10.3 Å². The molecular weight excluding hydrogens is 300 g/mol. The summed E-state index contributed by atoms with van der Waals surface area (Å²) in [5.41, 5.74) is 0. The first-order chi connectivity index (χ1) is 9.48. The lowest BCUT2D eigenvalue weighted by molar-refractivity contribution is -0.122. The fourth-order valence-corrected chi connectivity index (χ4v) is 2.76. The second-order valence-corrected chi connectivity index (χ2v) is 7.14. The van der Waals surface area contributed by atoms with E-state index in [1.54, 1.807) is 24.2 Å². The minimum atomic E-state index is -3.41. The minimum Gasteiger partial charge on any atom is -0.347 e. The van der Waals surface area contributed by atoms with Gasteiger partial charge in [-0.05, 0) is 25.4 Å². The number of aromatic amines is 1. The van der Waals surface area contributed by atoms with Crippen molar-refractivity contribution in [2.45, 2.75) is 25.9 Å². The summed E-state index contributed by atoms with van der Waals surface area (Å²) in [6.45, 7) is 1.78. The molecule has 0 radical (unpaired) electrons. The average Bonchev–Trinajstić information content (AvgIpc) is 2.94. The number of carbonyl (C=O) groups excluding carboxylic acids is 1. The molecule has 1 heterocycles. The Kier molecular flexibility index (Phi) is 7.03. The Bertz CT molecular complexity index is 502. The quantitative estimate of drug-likeness (QED) is 0.598. The van der Waals surface area contributed by atoms with Gasteiger partial charge in [-0.15, -0.1) is 0 Å². The highest BCUT2D eigenvalue weighted by molar-refractivity contribution is 7.98. The highest BCUT2D eigenvalue weighted by Crippen LogP contribution is 2.03. The summed E-state index contributed by atoms with van der Waals surface area (Å²) < 4.78 is 25.6. The molecule has 9 heteroatoms. The van der Waals surface area contributed by atoms with Gasteiger partial charge in [0.2, 0.25) is 15.9 Å². The third kappa shape index (κ3) is 5.93. The predicted octanol–water partition coefficient (Wildman–Crippen LogP) is 0.0869.